The summed E-state index contributed by atoms with van der Waals surface area (Å²) in [7, 11) is 0. The molecule has 0 atom stereocenters. The van der Waals surface area contributed by atoms with E-state index in [0.717, 1.165) is 16.1 Å². The second-order valence-electron chi connectivity index (χ2n) is 3.52. The van der Waals surface area contributed by atoms with Crippen LogP contribution in [0.2, 0.25) is 0 Å². The largest absolute Gasteiger partial charge is 0.425 e. The second-order valence-corrected chi connectivity index (χ2v) is 4.57. The summed E-state index contributed by atoms with van der Waals surface area (Å²) in [6, 6.07) is 5.97. The van der Waals surface area contributed by atoms with Gasteiger partial charge in [0.05, 0.1) is 5.75 Å². The van der Waals surface area contributed by atoms with Crippen molar-refractivity contribution in [1.82, 2.24) is 10.2 Å². The van der Waals surface area contributed by atoms with E-state index in [1.54, 1.807) is 18.7 Å². The molecule has 2 N–H and O–H groups in total. The molecule has 0 aliphatic rings. The van der Waals surface area contributed by atoms with Crippen molar-refractivity contribution < 1.29 is 4.42 Å². The minimum Gasteiger partial charge on any atom is -0.425 e. The lowest BCUT2D eigenvalue weighted by molar-refractivity contribution is 0.485. The number of nitrogens with two attached hydrogens (primary N) is 1. The first-order valence-corrected chi connectivity index (χ1v) is 5.91. The highest BCUT2D eigenvalue weighted by molar-refractivity contribution is 7.98. The Morgan fingerprint density at radius 1 is 1.31 bits per heavy atom. The van der Waals surface area contributed by atoms with E-state index < -0.39 is 0 Å². The molecule has 5 heteroatoms. The summed E-state index contributed by atoms with van der Waals surface area (Å²) in [5.41, 5.74) is 7.66. The van der Waals surface area contributed by atoms with Crippen molar-refractivity contribution in [2.45, 2.75) is 24.5 Å². The lowest BCUT2D eigenvalue weighted by Gasteiger charge is -2.03. The summed E-state index contributed by atoms with van der Waals surface area (Å²) in [6.45, 7) is 3.78. The van der Waals surface area contributed by atoms with E-state index in [1.807, 2.05) is 19.1 Å². The van der Waals surface area contributed by atoms with Gasteiger partial charge in [0.1, 0.15) is 0 Å². The van der Waals surface area contributed by atoms with Crippen LogP contribution in [-0.4, -0.2) is 10.2 Å². The summed E-state index contributed by atoms with van der Waals surface area (Å²) in [5, 5.41) is 7.72. The van der Waals surface area contributed by atoms with E-state index in [9.17, 15) is 0 Å². The van der Waals surface area contributed by atoms with Crippen LogP contribution in [0.3, 0.4) is 0 Å². The molecule has 0 aliphatic carbocycles. The first kappa shape index (κ1) is 11.0. The standard InChI is InChI=1S/C11H13N3OS/c1-7-5-9(3-4-10(7)12)16-6-11-14-13-8(2)15-11/h3-5H,6,12H2,1-2H3. The molecule has 0 spiro atoms. The number of aromatic nitrogens is 2. The summed E-state index contributed by atoms with van der Waals surface area (Å²) in [4.78, 5) is 1.16. The quantitative estimate of drug-likeness (QED) is 0.654. The molecule has 0 radical (unpaired) electrons. The number of benzene rings is 1. The van der Waals surface area contributed by atoms with Gasteiger partial charge in [-0.15, -0.1) is 22.0 Å². The zero-order chi connectivity index (χ0) is 11.5. The highest BCUT2D eigenvalue weighted by Gasteiger charge is 2.04. The summed E-state index contributed by atoms with van der Waals surface area (Å²) < 4.78 is 5.29. The molecule has 2 rings (SSSR count). The molecule has 0 unspecified atom stereocenters. The zero-order valence-electron chi connectivity index (χ0n) is 9.23. The van der Waals surface area contributed by atoms with Gasteiger partial charge in [0.2, 0.25) is 11.8 Å². The summed E-state index contributed by atoms with van der Waals surface area (Å²) >= 11 is 1.66. The Hall–Kier alpha value is -1.49. The van der Waals surface area contributed by atoms with Crippen molar-refractivity contribution >= 4 is 17.4 Å². The minimum absolute atomic E-state index is 0.601. The van der Waals surface area contributed by atoms with Crippen molar-refractivity contribution in [1.29, 1.82) is 0 Å². The third kappa shape index (κ3) is 2.55. The predicted molar refractivity (Wildman–Crippen MR) is 64.2 cm³/mol. The number of nitrogens with zero attached hydrogens (tertiary/aromatic N) is 2. The Balaban J connectivity index is 2.02. The molecule has 0 aliphatic heterocycles. The van der Waals surface area contributed by atoms with E-state index >= 15 is 0 Å². The smallest absolute Gasteiger partial charge is 0.226 e. The Morgan fingerprint density at radius 3 is 2.75 bits per heavy atom. The van der Waals surface area contributed by atoms with Crippen LogP contribution in [0.4, 0.5) is 5.69 Å². The topological polar surface area (TPSA) is 64.9 Å². The van der Waals surface area contributed by atoms with E-state index in [0.29, 0.717) is 17.5 Å². The van der Waals surface area contributed by atoms with Crippen molar-refractivity contribution in [2.24, 2.45) is 0 Å². The molecule has 0 saturated heterocycles. The molecule has 16 heavy (non-hydrogen) atoms. The lowest BCUT2D eigenvalue weighted by Crippen LogP contribution is -1.89. The predicted octanol–water partition coefficient (Wildman–Crippen LogP) is 2.56. The van der Waals surface area contributed by atoms with Gasteiger partial charge >= 0.3 is 0 Å². The van der Waals surface area contributed by atoms with Crippen LogP contribution in [0.5, 0.6) is 0 Å². The van der Waals surface area contributed by atoms with Crippen molar-refractivity contribution in [2.75, 3.05) is 5.73 Å². The molecule has 0 amide bonds. The van der Waals surface area contributed by atoms with Crippen molar-refractivity contribution in [3.63, 3.8) is 0 Å². The van der Waals surface area contributed by atoms with Gasteiger partial charge in [0.25, 0.3) is 0 Å². The highest BCUT2D eigenvalue weighted by atomic mass is 32.2. The monoisotopic (exact) mass is 235 g/mol. The Kier molecular flexibility index (Phi) is 3.14. The van der Waals surface area contributed by atoms with Crippen molar-refractivity contribution in [3.8, 4) is 0 Å². The SMILES string of the molecule is Cc1nnc(CSc2ccc(N)c(C)c2)o1. The molecule has 4 nitrogen and oxygen atoms in total. The van der Waals surface area contributed by atoms with Crippen LogP contribution in [0.15, 0.2) is 27.5 Å². The number of aryl methyl sites for hydroxylation is 2. The summed E-state index contributed by atoms with van der Waals surface area (Å²) in [6.07, 6.45) is 0. The molecular weight excluding hydrogens is 222 g/mol. The van der Waals surface area contributed by atoms with Gasteiger partial charge in [-0.3, -0.25) is 0 Å². The van der Waals surface area contributed by atoms with Gasteiger partial charge in [0.15, 0.2) is 0 Å². The van der Waals surface area contributed by atoms with Crippen LogP contribution in [0.25, 0.3) is 0 Å². The molecule has 0 bridgehead atoms. The van der Waals surface area contributed by atoms with Gasteiger partial charge < -0.3 is 10.2 Å². The fourth-order valence-electron chi connectivity index (χ4n) is 1.28. The van der Waals surface area contributed by atoms with E-state index in [-0.39, 0.29) is 0 Å². The molecule has 1 heterocycles. The van der Waals surface area contributed by atoms with Crippen LogP contribution in [0.1, 0.15) is 17.3 Å². The Morgan fingerprint density at radius 2 is 2.12 bits per heavy atom. The molecular formula is C11H13N3OS. The van der Waals surface area contributed by atoms with E-state index in [2.05, 4.69) is 16.3 Å². The maximum atomic E-state index is 5.75. The van der Waals surface area contributed by atoms with Gasteiger partial charge in [-0.1, -0.05) is 0 Å². The number of hydrogen-bond donors (Lipinski definition) is 1. The first-order valence-electron chi connectivity index (χ1n) is 4.93. The zero-order valence-corrected chi connectivity index (χ0v) is 10.0. The molecule has 1 aromatic heterocycles. The maximum absolute atomic E-state index is 5.75. The van der Waals surface area contributed by atoms with Crippen molar-refractivity contribution in [3.05, 3.63) is 35.5 Å². The van der Waals surface area contributed by atoms with Crippen LogP contribution < -0.4 is 5.73 Å². The Labute approximate surface area is 98.2 Å². The fraction of sp³-hybridized carbons (Fsp3) is 0.273. The van der Waals surface area contributed by atoms with Gasteiger partial charge in [0, 0.05) is 17.5 Å². The average Bonchev–Trinajstić information content (AvgIpc) is 2.66. The highest BCUT2D eigenvalue weighted by Crippen LogP contribution is 2.25. The molecule has 0 saturated carbocycles. The molecule has 1 aromatic carbocycles. The second kappa shape index (κ2) is 4.57. The van der Waals surface area contributed by atoms with Crippen LogP contribution in [0, 0.1) is 13.8 Å². The number of nitrogen functional groups attached to an aromatic ring is 1. The molecule has 2 aromatic rings. The maximum Gasteiger partial charge on any atom is 0.226 e. The van der Waals surface area contributed by atoms with E-state index in [4.69, 9.17) is 10.2 Å². The number of thioether (sulfide) groups is 1. The van der Waals surface area contributed by atoms with E-state index in [1.165, 1.54) is 0 Å². The van der Waals surface area contributed by atoms with Gasteiger partial charge in [-0.25, -0.2) is 0 Å². The number of rotatable bonds is 3. The Bertz CT molecular complexity index is 496. The summed E-state index contributed by atoms with van der Waals surface area (Å²) in [5.74, 6) is 1.94. The normalized spacial score (nSPS) is 10.6. The van der Waals surface area contributed by atoms with Gasteiger partial charge in [-0.2, -0.15) is 0 Å². The fourth-order valence-corrected chi connectivity index (χ4v) is 2.11. The third-order valence-electron chi connectivity index (χ3n) is 2.17. The lowest BCUT2D eigenvalue weighted by atomic mass is 10.2. The minimum atomic E-state index is 0.601. The average molecular weight is 235 g/mol. The van der Waals surface area contributed by atoms with Crippen LogP contribution >= 0.6 is 11.8 Å². The molecule has 0 fully saturated rings. The van der Waals surface area contributed by atoms with Gasteiger partial charge in [-0.05, 0) is 30.7 Å². The number of anilines is 1. The third-order valence-corrected chi connectivity index (χ3v) is 3.15. The molecule has 84 valence electrons. The van der Waals surface area contributed by atoms with Crippen LogP contribution in [-0.2, 0) is 5.75 Å². The number of hydrogen-bond acceptors (Lipinski definition) is 5. The first-order chi connectivity index (χ1) is 7.65.